The van der Waals surface area contributed by atoms with Gasteiger partial charge in [-0.05, 0) is 0 Å². The van der Waals surface area contributed by atoms with Crippen LogP contribution in [-0.4, -0.2) is 41.2 Å². The Bertz CT molecular complexity index is 67.8. The van der Waals surface area contributed by atoms with Crippen LogP contribution in [0.2, 0.25) is 0 Å². The summed E-state index contributed by atoms with van der Waals surface area (Å²) in [6.07, 6.45) is 0. The molecule has 5 N–H and O–H groups in total. The Hall–Kier alpha value is 1.56. The van der Waals surface area contributed by atoms with Crippen molar-refractivity contribution < 1.29 is 91.1 Å². The van der Waals surface area contributed by atoms with Crippen molar-refractivity contribution in [3.63, 3.8) is 0 Å². The summed E-state index contributed by atoms with van der Waals surface area (Å²) in [4.78, 5) is 14.3. The first-order valence-electron chi connectivity index (χ1n) is 1.43. The first-order valence-corrected chi connectivity index (χ1v) is 2.73. The SMILES string of the molecule is O=[Si](O)O.OB(O)O.[H-].[H-].[Na+].[Na+]. The van der Waals surface area contributed by atoms with Crippen molar-refractivity contribution in [1.29, 1.82) is 0 Å². The molecule has 0 aliphatic heterocycles. The predicted molar refractivity (Wildman–Crippen MR) is 25.5 cm³/mol. The van der Waals surface area contributed by atoms with Crippen molar-refractivity contribution in [2.75, 3.05) is 0 Å². The molecule has 6 nitrogen and oxygen atoms in total. The van der Waals surface area contributed by atoms with Crippen molar-refractivity contribution in [2.45, 2.75) is 0 Å². The Kier molecular flexibility index (Phi) is 38.1. The molecule has 0 heterocycles. The van der Waals surface area contributed by atoms with Crippen LogP contribution in [0.25, 0.3) is 0 Å². The van der Waals surface area contributed by atoms with Gasteiger partial charge in [0.1, 0.15) is 0 Å². The molecule has 0 aromatic heterocycles. The van der Waals surface area contributed by atoms with Crippen LogP contribution in [0.3, 0.4) is 0 Å². The van der Waals surface area contributed by atoms with Gasteiger partial charge in [0.05, 0.1) is 0 Å². The second-order valence-corrected chi connectivity index (χ2v) is 1.19. The standard InChI is InChI=1S/BH3O3.2Na.H2O3Si.2H/c2-1(3)4;;;1-4(2)3;;/h2-4H;;;1-2H;;/q;2*+1;;2*-1. The first kappa shape index (κ1) is 22.6. The normalized spacial score (nSPS) is 5.10. The minimum atomic E-state index is -3.13. The van der Waals surface area contributed by atoms with Gasteiger partial charge < -0.3 is 27.5 Å². The number of rotatable bonds is 0. The molecule has 52 valence electrons. The van der Waals surface area contributed by atoms with E-state index in [4.69, 9.17) is 29.1 Å². The van der Waals surface area contributed by atoms with Gasteiger partial charge >= 0.3 is 75.6 Å². The van der Waals surface area contributed by atoms with Crippen molar-refractivity contribution >= 4 is 16.5 Å². The Balaban J connectivity index is -0.0000000112. The molecule has 0 aliphatic carbocycles. The van der Waals surface area contributed by atoms with Crippen molar-refractivity contribution in [3.05, 3.63) is 0 Å². The van der Waals surface area contributed by atoms with E-state index in [1.165, 1.54) is 0 Å². The average Bonchev–Trinajstić information content (AvgIpc) is 1.25. The Morgan fingerprint density at radius 3 is 1.10 bits per heavy atom. The third-order valence-corrected chi connectivity index (χ3v) is 0. The molecule has 10 heteroatoms. The fourth-order valence-electron chi connectivity index (χ4n) is 0. The molecular weight excluding hydrogens is 181 g/mol. The molecule has 0 aromatic rings. The smallest absolute Gasteiger partial charge is 1.00 e. The Labute approximate surface area is 107 Å². The van der Waals surface area contributed by atoms with Crippen LogP contribution in [0.4, 0.5) is 0 Å². The molecule has 0 amide bonds. The van der Waals surface area contributed by atoms with Gasteiger partial charge in [0.25, 0.3) is 0 Å². The van der Waals surface area contributed by atoms with Crippen molar-refractivity contribution in [2.24, 2.45) is 0 Å². The zero-order valence-corrected chi connectivity index (χ0v) is 10.7. The average molecular weight is 188 g/mol. The first-order chi connectivity index (χ1) is 3.46. The van der Waals surface area contributed by atoms with Crippen LogP contribution in [-0.2, 0) is 4.46 Å². The summed E-state index contributed by atoms with van der Waals surface area (Å²) in [7, 11) is -5.30. The van der Waals surface area contributed by atoms with Gasteiger partial charge in [-0.1, -0.05) is 0 Å². The van der Waals surface area contributed by atoms with E-state index in [2.05, 4.69) is 0 Å². The van der Waals surface area contributed by atoms with E-state index in [1.807, 2.05) is 0 Å². The molecule has 0 aromatic carbocycles. The van der Waals surface area contributed by atoms with Gasteiger partial charge in [-0.25, -0.2) is 0 Å². The summed E-state index contributed by atoms with van der Waals surface area (Å²) in [5, 5.41) is 21.5. The molecule has 0 radical (unpaired) electrons. The minimum Gasteiger partial charge on any atom is -1.00 e. The number of hydrogen-bond acceptors (Lipinski definition) is 4. The fraction of sp³-hybridized carbons (Fsp3) is 0. The second-order valence-electron chi connectivity index (χ2n) is 0.629. The molecule has 0 aliphatic rings. The molecule has 0 spiro atoms. The molecule has 0 unspecified atom stereocenters. The van der Waals surface area contributed by atoms with E-state index in [-0.39, 0.29) is 62.0 Å². The van der Waals surface area contributed by atoms with E-state index in [0.717, 1.165) is 0 Å². The zero-order chi connectivity index (χ0) is 7.15. The van der Waals surface area contributed by atoms with E-state index >= 15 is 0 Å². The molecule has 0 rings (SSSR count). The van der Waals surface area contributed by atoms with Gasteiger partial charge in [0.15, 0.2) is 0 Å². The quantitative estimate of drug-likeness (QED) is 0.241. The minimum absolute atomic E-state index is 0. The van der Waals surface area contributed by atoms with Gasteiger partial charge in [-0.15, -0.1) is 0 Å². The van der Waals surface area contributed by atoms with Crippen molar-refractivity contribution in [1.82, 2.24) is 0 Å². The molecule has 0 fully saturated rings. The maximum Gasteiger partial charge on any atom is 1.00 e. The molecular formula is H7BNa2O6Si. The fourth-order valence-corrected chi connectivity index (χ4v) is 0. The summed E-state index contributed by atoms with van der Waals surface area (Å²) in [6.45, 7) is 0. The van der Waals surface area contributed by atoms with Gasteiger partial charge in [0.2, 0.25) is 0 Å². The largest absolute Gasteiger partial charge is 1.00 e. The van der Waals surface area contributed by atoms with E-state index in [0.29, 0.717) is 0 Å². The molecule has 0 atom stereocenters. The second kappa shape index (κ2) is 16.9. The maximum absolute atomic E-state index is 8.74. The molecule has 10 heavy (non-hydrogen) atoms. The summed E-state index contributed by atoms with van der Waals surface area (Å²) in [5.74, 6) is 0. The zero-order valence-electron chi connectivity index (χ0n) is 7.72. The third kappa shape index (κ3) is 287. The summed E-state index contributed by atoms with van der Waals surface area (Å²) >= 11 is 0. The van der Waals surface area contributed by atoms with Crippen LogP contribution in [0.1, 0.15) is 2.85 Å². The van der Waals surface area contributed by atoms with Gasteiger partial charge in [-0.3, -0.25) is 4.46 Å². The Morgan fingerprint density at radius 2 is 1.10 bits per heavy atom. The summed E-state index contributed by atoms with van der Waals surface area (Å²) in [5.41, 5.74) is 0. The summed E-state index contributed by atoms with van der Waals surface area (Å²) in [6, 6.07) is 0. The topological polar surface area (TPSA) is 118 Å². The van der Waals surface area contributed by atoms with Crippen LogP contribution in [0.5, 0.6) is 0 Å². The summed E-state index contributed by atoms with van der Waals surface area (Å²) < 4.78 is 8.74. The van der Waals surface area contributed by atoms with Crippen LogP contribution >= 0.6 is 0 Å². The van der Waals surface area contributed by atoms with Crippen LogP contribution in [0, 0.1) is 0 Å². The maximum atomic E-state index is 8.74. The predicted octanol–water partition coefficient (Wildman–Crippen LogP) is -9.43. The van der Waals surface area contributed by atoms with Crippen LogP contribution < -0.4 is 59.1 Å². The molecule has 0 bridgehead atoms. The number of hydrogen-bond donors (Lipinski definition) is 5. The molecule has 0 saturated carbocycles. The van der Waals surface area contributed by atoms with E-state index < -0.39 is 16.5 Å². The molecule has 0 saturated heterocycles. The Morgan fingerprint density at radius 1 is 1.10 bits per heavy atom. The van der Waals surface area contributed by atoms with Gasteiger partial charge in [-0.2, -0.15) is 0 Å². The third-order valence-electron chi connectivity index (χ3n) is 0. The van der Waals surface area contributed by atoms with E-state index in [1.54, 1.807) is 0 Å². The van der Waals surface area contributed by atoms with Gasteiger partial charge in [0, 0.05) is 0 Å². The van der Waals surface area contributed by atoms with Crippen molar-refractivity contribution in [3.8, 4) is 0 Å². The monoisotopic (exact) mass is 188 g/mol. The van der Waals surface area contributed by atoms with E-state index in [9.17, 15) is 0 Å². The van der Waals surface area contributed by atoms with Crippen LogP contribution in [0.15, 0.2) is 0 Å².